The minimum absolute atomic E-state index is 0.0879. The number of aryl methyl sites for hydroxylation is 1. The van der Waals surface area contributed by atoms with E-state index in [1.807, 2.05) is 48.9 Å². The van der Waals surface area contributed by atoms with Gasteiger partial charge in [0.05, 0.1) is 60.5 Å². The van der Waals surface area contributed by atoms with E-state index in [0.717, 1.165) is 94.5 Å². The van der Waals surface area contributed by atoms with Gasteiger partial charge in [-0.3, -0.25) is 29.4 Å². The number of piperazine rings is 1. The number of benzene rings is 1. The van der Waals surface area contributed by atoms with E-state index < -0.39 is 29.6 Å². The molecule has 1 aliphatic carbocycles. The van der Waals surface area contributed by atoms with Crippen LogP contribution in [0, 0.1) is 5.92 Å². The summed E-state index contributed by atoms with van der Waals surface area (Å²) in [6, 6.07) is 11.2. The van der Waals surface area contributed by atoms with E-state index in [1.165, 1.54) is 4.90 Å². The van der Waals surface area contributed by atoms with Crippen molar-refractivity contribution in [2.24, 2.45) is 13.0 Å². The molecule has 17 nitrogen and oxygen atoms in total. The van der Waals surface area contributed by atoms with Crippen LogP contribution in [0.3, 0.4) is 0 Å². The van der Waals surface area contributed by atoms with Crippen molar-refractivity contribution < 1.29 is 41.8 Å². The summed E-state index contributed by atoms with van der Waals surface area (Å²) in [4.78, 5) is 71.0. The third-order valence-corrected chi connectivity index (χ3v) is 16.1. The van der Waals surface area contributed by atoms with Gasteiger partial charge >= 0.3 is 6.18 Å². The SMILES string of the molecule is CC1c2nc(N3CCC(OC4CCC(CN5CCN(Cc6cc(C(F)(F)F)c7c(n6)C(=O)N(c6cccc(C8(Cc9nncn9C)COC8)c6)C7)CC5)CC4)CC3)ccc2C(=O)N1C1CCC(=O)NC1=O. The average molecular weight is 980 g/mol. The predicted octanol–water partition coefficient (Wildman–Crippen LogP) is 4.98. The molecular weight excluding hydrogens is 920 g/mol. The average Bonchev–Trinajstić information content (AvgIpc) is 3.99. The fourth-order valence-corrected chi connectivity index (χ4v) is 12.0. The smallest absolute Gasteiger partial charge is 0.379 e. The molecule has 5 fully saturated rings. The summed E-state index contributed by atoms with van der Waals surface area (Å²) < 4.78 is 58.3. The van der Waals surface area contributed by atoms with Gasteiger partial charge in [-0.05, 0) is 93.7 Å². The van der Waals surface area contributed by atoms with Crippen molar-refractivity contribution in [2.45, 2.75) is 114 Å². The number of hydrogen-bond acceptors (Lipinski definition) is 13. The molecule has 6 aliphatic heterocycles. The highest BCUT2D eigenvalue weighted by atomic mass is 19.4. The highest BCUT2D eigenvalue weighted by Gasteiger charge is 2.46. The number of fused-ring (bicyclic) bond motifs is 2. The fourth-order valence-electron chi connectivity index (χ4n) is 12.0. The van der Waals surface area contributed by atoms with Crippen molar-refractivity contribution >= 4 is 35.1 Å². The summed E-state index contributed by atoms with van der Waals surface area (Å²) in [5, 5.41) is 10.6. The molecule has 0 bridgehead atoms. The first kappa shape index (κ1) is 47.5. The standard InChI is InChI=1S/C51H60F3N11O6/c1-31-45-38(48(68)65(31)41-11-13-44(66)58-47(41)67)10-12-42(57-45)63-16-14-37(15-17-63)71-36-8-6-32(7-9-36)25-61-18-20-62(21-19-61)26-34-23-40(51(52,53)54)39-27-64(49(69)46(39)56-34)35-5-3-4-33(22-35)50(28-70-29-50)24-43-59-55-30-60(43)2/h3-5,10,12,22-23,30-32,36-37,41H,6-9,11,13-21,24-29H2,1-2H3,(H,58,66,67). The lowest BCUT2D eigenvalue weighted by atomic mass is 9.75. The van der Waals surface area contributed by atoms with Crippen LogP contribution in [0.15, 0.2) is 48.8 Å². The zero-order valence-electron chi connectivity index (χ0n) is 40.2. The van der Waals surface area contributed by atoms with E-state index in [-0.39, 0.29) is 71.9 Å². The predicted molar refractivity (Wildman–Crippen MR) is 252 cm³/mol. The van der Waals surface area contributed by atoms with Crippen LogP contribution in [-0.4, -0.2) is 140 Å². The van der Waals surface area contributed by atoms with Gasteiger partial charge in [-0.1, -0.05) is 12.1 Å². The van der Waals surface area contributed by atoms with E-state index in [0.29, 0.717) is 62.0 Å². The molecule has 4 amide bonds. The van der Waals surface area contributed by atoms with E-state index in [4.69, 9.17) is 14.5 Å². The van der Waals surface area contributed by atoms with E-state index in [2.05, 4.69) is 35.2 Å². The quantitative estimate of drug-likeness (QED) is 0.189. The number of pyridine rings is 2. The molecule has 2 atom stereocenters. The number of carbonyl (C=O) groups excluding carboxylic acids is 4. The molecule has 3 aromatic heterocycles. The maximum atomic E-state index is 14.7. The lowest BCUT2D eigenvalue weighted by molar-refractivity contribution is -0.139. The fraction of sp³-hybridized carbons (Fsp3) is 0.569. The number of piperidine rings is 2. The Morgan fingerprint density at radius 2 is 1.61 bits per heavy atom. The Morgan fingerprint density at radius 3 is 2.30 bits per heavy atom. The van der Waals surface area contributed by atoms with Crippen LogP contribution in [-0.2, 0) is 57.2 Å². The molecule has 0 spiro atoms. The van der Waals surface area contributed by atoms with Gasteiger partial charge in [-0.15, -0.1) is 10.2 Å². The van der Waals surface area contributed by atoms with Crippen molar-refractivity contribution in [2.75, 3.05) is 68.8 Å². The van der Waals surface area contributed by atoms with E-state index in [9.17, 15) is 32.3 Å². The number of imide groups is 1. The minimum Gasteiger partial charge on any atom is -0.379 e. The van der Waals surface area contributed by atoms with Crippen LogP contribution in [0.2, 0.25) is 0 Å². The van der Waals surface area contributed by atoms with Gasteiger partial charge in [-0.2, -0.15) is 13.2 Å². The van der Waals surface area contributed by atoms with Crippen LogP contribution in [0.5, 0.6) is 0 Å². The summed E-state index contributed by atoms with van der Waals surface area (Å²) in [6.07, 6.45) is 4.43. The zero-order valence-corrected chi connectivity index (χ0v) is 40.2. The first-order valence-corrected chi connectivity index (χ1v) is 25.1. The van der Waals surface area contributed by atoms with Gasteiger partial charge in [0, 0.05) is 88.9 Å². The normalized spacial score (nSPS) is 25.4. The first-order valence-electron chi connectivity index (χ1n) is 25.1. The molecule has 4 aromatic rings. The Bertz CT molecular complexity index is 2710. The largest absolute Gasteiger partial charge is 0.416 e. The summed E-state index contributed by atoms with van der Waals surface area (Å²) in [7, 11) is 1.88. The van der Waals surface area contributed by atoms with Crippen LogP contribution < -0.4 is 15.1 Å². The Balaban J connectivity index is 0.638. The first-order chi connectivity index (χ1) is 34.2. The Kier molecular flexibility index (Phi) is 12.7. The number of anilines is 2. The molecule has 1 aromatic carbocycles. The van der Waals surface area contributed by atoms with Gasteiger partial charge in [0.1, 0.15) is 29.7 Å². The van der Waals surface area contributed by atoms with Crippen LogP contribution in [0.4, 0.5) is 24.7 Å². The molecule has 1 N–H and O–H groups in total. The third-order valence-electron chi connectivity index (χ3n) is 16.1. The Hall–Kier alpha value is -5.83. The molecule has 11 rings (SSSR count). The maximum Gasteiger partial charge on any atom is 0.416 e. The van der Waals surface area contributed by atoms with Gasteiger partial charge in [-0.25, -0.2) is 9.97 Å². The molecule has 71 heavy (non-hydrogen) atoms. The van der Waals surface area contributed by atoms with E-state index >= 15 is 0 Å². The monoisotopic (exact) mass is 979 g/mol. The number of nitrogens with one attached hydrogen (secondary N) is 1. The number of ether oxygens (including phenoxy) is 2. The Morgan fingerprint density at radius 1 is 0.859 bits per heavy atom. The van der Waals surface area contributed by atoms with Gasteiger partial charge in [0.15, 0.2) is 0 Å². The molecule has 7 aliphatic rings. The van der Waals surface area contributed by atoms with Crippen molar-refractivity contribution in [3.63, 3.8) is 0 Å². The zero-order chi connectivity index (χ0) is 49.2. The number of amides is 4. The number of rotatable bonds is 12. The maximum absolute atomic E-state index is 14.7. The number of carbonyl (C=O) groups is 4. The van der Waals surface area contributed by atoms with E-state index in [1.54, 1.807) is 17.3 Å². The molecule has 376 valence electrons. The molecule has 1 saturated carbocycles. The number of hydrogen-bond donors (Lipinski definition) is 1. The molecular formula is C51H60F3N11O6. The number of halogens is 3. The second kappa shape index (κ2) is 19.0. The summed E-state index contributed by atoms with van der Waals surface area (Å²) in [5.74, 6) is 0.659. The summed E-state index contributed by atoms with van der Waals surface area (Å²) in [5.41, 5.74) is 1.46. The van der Waals surface area contributed by atoms with Gasteiger partial charge in [0.2, 0.25) is 11.8 Å². The summed E-state index contributed by atoms with van der Waals surface area (Å²) >= 11 is 0. The second-order valence-electron chi connectivity index (χ2n) is 20.7. The number of aromatic nitrogens is 5. The number of nitrogens with zero attached hydrogens (tertiary/aromatic N) is 10. The third kappa shape index (κ3) is 9.32. The van der Waals surface area contributed by atoms with Crippen molar-refractivity contribution in [3.8, 4) is 0 Å². The molecule has 4 saturated heterocycles. The Labute approximate surface area is 410 Å². The van der Waals surface area contributed by atoms with Crippen LogP contribution >= 0.6 is 0 Å². The van der Waals surface area contributed by atoms with Gasteiger partial charge in [0.25, 0.3) is 11.8 Å². The molecule has 20 heteroatoms. The van der Waals surface area contributed by atoms with Crippen LogP contribution in [0.25, 0.3) is 0 Å². The number of alkyl halides is 3. The molecule has 0 radical (unpaired) electrons. The van der Waals surface area contributed by atoms with Gasteiger partial charge < -0.3 is 33.6 Å². The summed E-state index contributed by atoms with van der Waals surface area (Å²) in [6.45, 7) is 8.40. The molecule has 9 heterocycles. The van der Waals surface area contributed by atoms with Crippen molar-refractivity contribution in [1.82, 2.24) is 44.7 Å². The lowest BCUT2D eigenvalue weighted by Crippen LogP contribution is -2.53. The topological polar surface area (TPSA) is 171 Å². The lowest BCUT2D eigenvalue weighted by Gasteiger charge is -2.42. The highest BCUT2D eigenvalue weighted by Crippen LogP contribution is 2.42. The second-order valence-corrected chi connectivity index (χ2v) is 20.7. The minimum atomic E-state index is -4.65. The highest BCUT2D eigenvalue weighted by molar-refractivity contribution is 6.09. The van der Waals surface area contributed by atoms with Crippen molar-refractivity contribution in [3.05, 3.63) is 94.0 Å². The van der Waals surface area contributed by atoms with Crippen molar-refractivity contribution in [1.29, 1.82) is 0 Å². The van der Waals surface area contributed by atoms with Crippen LogP contribution in [0.1, 0.15) is 119 Å². The molecule has 2 unspecified atom stereocenters.